The predicted molar refractivity (Wildman–Crippen MR) is 165 cm³/mol. The van der Waals surface area contributed by atoms with E-state index in [9.17, 15) is 14.7 Å². The molecule has 0 radical (unpaired) electrons. The number of amides is 2. The molecule has 1 aromatic carbocycles. The number of aromatic nitrogens is 1. The van der Waals surface area contributed by atoms with Gasteiger partial charge in [-0.2, -0.15) is 5.26 Å². The van der Waals surface area contributed by atoms with Crippen LogP contribution < -0.4 is 15.5 Å². The van der Waals surface area contributed by atoms with E-state index in [1.807, 2.05) is 25.1 Å². The van der Waals surface area contributed by atoms with Crippen molar-refractivity contribution < 1.29 is 19.2 Å². The number of anilines is 1. The Balaban J connectivity index is 1.42. The Morgan fingerprint density at radius 1 is 1.14 bits per heavy atom. The van der Waals surface area contributed by atoms with Crippen LogP contribution >= 0.6 is 0 Å². The van der Waals surface area contributed by atoms with Crippen molar-refractivity contribution in [2.24, 2.45) is 17.8 Å². The van der Waals surface area contributed by atoms with Crippen molar-refractivity contribution in [2.75, 3.05) is 44.2 Å². The number of likely N-dealkylation sites (tertiary alicyclic amines) is 1. The molecule has 3 atom stereocenters. The lowest BCUT2D eigenvalue weighted by Gasteiger charge is -2.36. The van der Waals surface area contributed by atoms with E-state index in [0.717, 1.165) is 69.8 Å². The smallest absolute Gasteiger partial charge is 0.224 e. The van der Waals surface area contributed by atoms with Gasteiger partial charge in [-0.25, -0.2) is 0 Å². The summed E-state index contributed by atoms with van der Waals surface area (Å²) in [4.78, 5) is 29.4. The summed E-state index contributed by atoms with van der Waals surface area (Å²) in [5.41, 5.74) is 1.51. The molecule has 2 fully saturated rings. The highest BCUT2D eigenvalue weighted by atomic mass is 16.5. The fraction of sp³-hybridized carbons (Fsp3) is 0.636. The van der Waals surface area contributed by atoms with E-state index in [1.165, 1.54) is 0 Å². The fourth-order valence-electron chi connectivity index (χ4n) is 6.60. The van der Waals surface area contributed by atoms with Gasteiger partial charge in [-0.15, -0.1) is 0 Å². The second-order valence-corrected chi connectivity index (χ2v) is 12.6. The van der Waals surface area contributed by atoms with Gasteiger partial charge < -0.3 is 30.1 Å². The number of hydrogen-bond donors (Lipinski definition) is 3. The van der Waals surface area contributed by atoms with Gasteiger partial charge in [-0.1, -0.05) is 31.1 Å². The van der Waals surface area contributed by atoms with E-state index >= 15 is 0 Å². The van der Waals surface area contributed by atoms with E-state index in [1.54, 1.807) is 12.1 Å². The van der Waals surface area contributed by atoms with Gasteiger partial charge in [0.1, 0.15) is 5.76 Å². The van der Waals surface area contributed by atoms with Gasteiger partial charge in [0.25, 0.3) is 0 Å². The molecule has 0 aliphatic carbocycles. The summed E-state index contributed by atoms with van der Waals surface area (Å²) >= 11 is 0. The summed E-state index contributed by atoms with van der Waals surface area (Å²) in [5, 5.41) is 29.3. The lowest BCUT2D eigenvalue weighted by atomic mass is 9.78. The molecule has 0 bridgehead atoms. The molecule has 10 heteroatoms. The topological polar surface area (TPSA) is 135 Å². The monoisotopic (exact) mass is 592 g/mol. The molecule has 43 heavy (non-hydrogen) atoms. The highest BCUT2D eigenvalue weighted by Gasteiger charge is 2.36. The largest absolute Gasteiger partial charge is 0.393 e. The molecule has 3 heterocycles. The number of nitriles is 1. The minimum absolute atomic E-state index is 0.0642. The highest BCUT2D eigenvalue weighted by molar-refractivity contribution is 5.80. The number of nitrogens with zero attached hydrogens (tertiary/aromatic N) is 4. The Labute approximate surface area is 255 Å². The quantitative estimate of drug-likeness (QED) is 0.222. The number of carbonyl (C=O) groups excluding carboxylic acids is 2. The molecule has 3 unspecified atom stereocenters. The Morgan fingerprint density at radius 2 is 1.84 bits per heavy atom. The first-order valence-electron chi connectivity index (χ1n) is 15.9. The molecular weight excluding hydrogens is 544 g/mol. The van der Waals surface area contributed by atoms with Crippen LogP contribution in [0, 0.1) is 29.1 Å². The van der Waals surface area contributed by atoms with Crippen molar-refractivity contribution in [3.8, 4) is 6.07 Å². The number of hydrogen-bond acceptors (Lipinski definition) is 8. The average Bonchev–Trinajstić information content (AvgIpc) is 3.49. The Kier molecular flexibility index (Phi) is 12.0. The molecule has 2 aliphatic rings. The van der Waals surface area contributed by atoms with Crippen LogP contribution in [0.2, 0.25) is 0 Å². The van der Waals surface area contributed by atoms with E-state index in [2.05, 4.69) is 45.5 Å². The van der Waals surface area contributed by atoms with Gasteiger partial charge in [0.2, 0.25) is 12.3 Å². The number of nitrogens with one attached hydrogen (secondary N) is 2. The van der Waals surface area contributed by atoms with E-state index in [-0.39, 0.29) is 35.8 Å². The number of benzene rings is 1. The van der Waals surface area contributed by atoms with Gasteiger partial charge in [0.05, 0.1) is 23.8 Å². The molecule has 2 amide bonds. The van der Waals surface area contributed by atoms with Crippen molar-refractivity contribution in [3.05, 3.63) is 47.2 Å². The van der Waals surface area contributed by atoms with Crippen molar-refractivity contribution in [1.29, 1.82) is 5.26 Å². The first kappa shape index (κ1) is 32.5. The number of aliphatic hydroxyl groups is 1. The normalized spacial score (nSPS) is 19.0. The molecule has 10 nitrogen and oxygen atoms in total. The number of carbonyl (C=O) groups is 2. The second kappa shape index (κ2) is 15.9. The van der Waals surface area contributed by atoms with Crippen LogP contribution in [0.1, 0.15) is 88.1 Å². The average molecular weight is 593 g/mol. The fourth-order valence-corrected chi connectivity index (χ4v) is 6.60. The summed E-state index contributed by atoms with van der Waals surface area (Å²) in [6.45, 7) is 11.5. The third kappa shape index (κ3) is 9.04. The maximum Gasteiger partial charge on any atom is 0.224 e. The summed E-state index contributed by atoms with van der Waals surface area (Å²) in [7, 11) is 0. The van der Waals surface area contributed by atoms with Crippen molar-refractivity contribution >= 4 is 18.1 Å². The zero-order valence-electron chi connectivity index (χ0n) is 25.9. The van der Waals surface area contributed by atoms with E-state index in [4.69, 9.17) is 9.78 Å². The summed E-state index contributed by atoms with van der Waals surface area (Å²) in [6, 6.07) is 11.2. The van der Waals surface area contributed by atoms with Gasteiger partial charge in [-0.3, -0.25) is 9.59 Å². The molecule has 0 spiro atoms. The lowest BCUT2D eigenvalue weighted by molar-refractivity contribution is -0.127. The predicted octanol–water partition coefficient (Wildman–Crippen LogP) is 3.98. The number of aliphatic hydroxyl groups excluding tert-OH is 1. The van der Waals surface area contributed by atoms with Crippen LogP contribution in [0.4, 0.5) is 5.82 Å². The highest BCUT2D eigenvalue weighted by Crippen LogP contribution is 2.37. The third-order valence-corrected chi connectivity index (χ3v) is 9.16. The van der Waals surface area contributed by atoms with Crippen LogP contribution in [0.25, 0.3) is 0 Å². The Bertz CT molecular complexity index is 1190. The van der Waals surface area contributed by atoms with Crippen LogP contribution in [0.5, 0.6) is 0 Å². The maximum atomic E-state index is 13.8. The number of rotatable bonds is 14. The molecule has 234 valence electrons. The lowest BCUT2D eigenvalue weighted by Crippen LogP contribution is -2.42. The van der Waals surface area contributed by atoms with Gasteiger partial charge >= 0.3 is 0 Å². The SMILES string of the molecule is CC(NC(=O)C(CCCNC=O)C(c1cc(N2CCC(CN3CCC(O)CC3)CC2)no1)C(C)C)c1ccc(C#N)cc1. The summed E-state index contributed by atoms with van der Waals surface area (Å²) < 4.78 is 5.97. The molecule has 2 aromatic rings. The minimum atomic E-state index is -0.371. The summed E-state index contributed by atoms with van der Waals surface area (Å²) in [5.74, 6) is 1.69. The van der Waals surface area contributed by atoms with Gasteiger partial charge in [-0.05, 0) is 75.0 Å². The second-order valence-electron chi connectivity index (χ2n) is 12.6. The van der Waals surface area contributed by atoms with Crippen LogP contribution in [0.3, 0.4) is 0 Å². The van der Waals surface area contributed by atoms with Crippen molar-refractivity contribution in [3.63, 3.8) is 0 Å². The zero-order valence-corrected chi connectivity index (χ0v) is 25.9. The standard InChI is InChI=1S/C33H48N6O4/c1-23(2)32(29(5-4-14-35-22-40)33(42)36-24(3)27-8-6-25(20-34)7-9-27)30-19-31(37-43-30)39-17-10-26(11-18-39)21-38-15-12-28(41)13-16-38/h6-9,19,22-24,26,28-29,32,41H,4-5,10-18,21H2,1-3H3,(H,35,40)(H,36,42). The van der Waals surface area contributed by atoms with Crippen LogP contribution in [-0.2, 0) is 9.59 Å². The first-order chi connectivity index (χ1) is 20.8. The number of piperidine rings is 2. The molecular formula is C33H48N6O4. The molecule has 0 saturated carbocycles. The van der Waals surface area contributed by atoms with Crippen molar-refractivity contribution in [2.45, 2.75) is 77.4 Å². The molecule has 3 N–H and O–H groups in total. The Morgan fingerprint density at radius 3 is 2.47 bits per heavy atom. The van der Waals surface area contributed by atoms with Gasteiger partial charge in [0, 0.05) is 57.2 Å². The van der Waals surface area contributed by atoms with Crippen molar-refractivity contribution in [1.82, 2.24) is 20.7 Å². The summed E-state index contributed by atoms with van der Waals surface area (Å²) in [6.07, 6.45) is 5.73. The molecule has 2 aliphatic heterocycles. The molecule has 2 saturated heterocycles. The molecule has 1 aromatic heterocycles. The third-order valence-electron chi connectivity index (χ3n) is 9.16. The van der Waals surface area contributed by atoms with Crippen LogP contribution in [-0.4, -0.2) is 72.9 Å². The van der Waals surface area contributed by atoms with E-state index in [0.29, 0.717) is 43.0 Å². The minimum Gasteiger partial charge on any atom is -0.393 e. The van der Waals surface area contributed by atoms with E-state index < -0.39 is 0 Å². The first-order valence-corrected chi connectivity index (χ1v) is 15.9. The van der Waals surface area contributed by atoms with Crippen LogP contribution in [0.15, 0.2) is 34.9 Å². The maximum absolute atomic E-state index is 13.8. The van der Waals surface area contributed by atoms with Gasteiger partial charge in [0.15, 0.2) is 5.82 Å². The zero-order chi connectivity index (χ0) is 30.8. The molecule has 4 rings (SSSR count). The Hall–Kier alpha value is -3.42.